The van der Waals surface area contributed by atoms with E-state index in [4.69, 9.17) is 9.47 Å². The van der Waals surface area contributed by atoms with Crippen molar-refractivity contribution in [2.45, 2.75) is 12.4 Å². The van der Waals surface area contributed by atoms with Crippen molar-refractivity contribution in [2.75, 3.05) is 6.61 Å². The summed E-state index contributed by atoms with van der Waals surface area (Å²) in [6, 6.07) is 0. The molecule has 0 aromatic heterocycles. The number of hydrogen-bond donors (Lipinski definition) is 0. The van der Waals surface area contributed by atoms with Crippen LogP contribution in [0.4, 0.5) is 0 Å². The SMILES string of the molecule is O=CC1=CC(=O)C2OC[C@H]1O2. The Morgan fingerprint density at radius 3 is 3.18 bits per heavy atom. The summed E-state index contributed by atoms with van der Waals surface area (Å²) in [5, 5.41) is 0. The third-order valence-corrected chi connectivity index (χ3v) is 1.74. The van der Waals surface area contributed by atoms with Crippen LogP contribution in [0.5, 0.6) is 0 Å². The lowest BCUT2D eigenvalue weighted by atomic mass is 10.1. The van der Waals surface area contributed by atoms with Gasteiger partial charge in [0.2, 0.25) is 12.1 Å². The monoisotopic (exact) mass is 154 g/mol. The fraction of sp³-hybridized carbons (Fsp3) is 0.429. The molecule has 2 bridgehead atoms. The summed E-state index contributed by atoms with van der Waals surface area (Å²) in [4.78, 5) is 21.3. The standard InChI is InChI=1S/C7H6O4/c8-2-4-1-5(9)7-10-3-6(4)11-7/h1-2,6-7H,3H2/t6-,7?/m1/s1. The third-order valence-electron chi connectivity index (χ3n) is 1.74. The molecule has 0 N–H and O–H groups in total. The summed E-state index contributed by atoms with van der Waals surface area (Å²) in [6.45, 7) is 0.307. The molecule has 0 aliphatic carbocycles. The lowest BCUT2D eigenvalue weighted by Gasteiger charge is -2.13. The van der Waals surface area contributed by atoms with Crippen LogP contribution in [0.25, 0.3) is 0 Å². The minimum Gasteiger partial charge on any atom is -0.343 e. The van der Waals surface area contributed by atoms with E-state index in [0.29, 0.717) is 18.5 Å². The number of ketones is 1. The maximum absolute atomic E-state index is 10.9. The van der Waals surface area contributed by atoms with E-state index in [1.807, 2.05) is 0 Å². The van der Waals surface area contributed by atoms with Gasteiger partial charge < -0.3 is 9.47 Å². The summed E-state index contributed by atoms with van der Waals surface area (Å²) in [7, 11) is 0. The van der Waals surface area contributed by atoms with Crippen LogP contribution in [0, 0.1) is 0 Å². The van der Waals surface area contributed by atoms with Crippen molar-refractivity contribution in [1.29, 1.82) is 0 Å². The lowest BCUT2D eigenvalue weighted by Crippen LogP contribution is -2.27. The van der Waals surface area contributed by atoms with Crippen molar-refractivity contribution >= 4 is 12.1 Å². The van der Waals surface area contributed by atoms with Gasteiger partial charge in [-0.1, -0.05) is 0 Å². The second-order valence-corrected chi connectivity index (χ2v) is 2.45. The highest BCUT2D eigenvalue weighted by Crippen LogP contribution is 2.23. The fourth-order valence-corrected chi connectivity index (χ4v) is 1.16. The quantitative estimate of drug-likeness (QED) is 0.475. The first-order valence-electron chi connectivity index (χ1n) is 3.29. The molecule has 2 rings (SSSR count). The van der Waals surface area contributed by atoms with Crippen molar-refractivity contribution in [3.05, 3.63) is 11.6 Å². The van der Waals surface area contributed by atoms with Crippen LogP contribution < -0.4 is 0 Å². The van der Waals surface area contributed by atoms with Gasteiger partial charge in [0.1, 0.15) is 12.4 Å². The Balaban J connectivity index is 2.34. The average Bonchev–Trinajstić information content (AvgIpc) is 2.43. The molecule has 0 amide bonds. The molecule has 0 aromatic carbocycles. The van der Waals surface area contributed by atoms with Crippen molar-refractivity contribution in [3.8, 4) is 0 Å². The van der Waals surface area contributed by atoms with Crippen LogP contribution in [-0.2, 0) is 19.1 Å². The Hall–Kier alpha value is -1.00. The van der Waals surface area contributed by atoms with Gasteiger partial charge in [-0.3, -0.25) is 9.59 Å². The second kappa shape index (κ2) is 2.25. The van der Waals surface area contributed by atoms with Crippen molar-refractivity contribution in [1.82, 2.24) is 0 Å². The highest BCUT2D eigenvalue weighted by atomic mass is 16.7. The lowest BCUT2D eigenvalue weighted by molar-refractivity contribution is -0.142. The van der Waals surface area contributed by atoms with Gasteiger partial charge in [0.05, 0.1) is 6.61 Å². The van der Waals surface area contributed by atoms with E-state index in [1.165, 1.54) is 6.08 Å². The number of fused-ring (bicyclic) bond motifs is 2. The molecule has 1 unspecified atom stereocenters. The molecule has 0 spiro atoms. The van der Waals surface area contributed by atoms with Gasteiger partial charge in [-0.15, -0.1) is 0 Å². The van der Waals surface area contributed by atoms with E-state index >= 15 is 0 Å². The summed E-state index contributed by atoms with van der Waals surface area (Å²) in [6.07, 6.45) is 0.839. The second-order valence-electron chi connectivity index (χ2n) is 2.45. The van der Waals surface area contributed by atoms with Crippen LogP contribution >= 0.6 is 0 Å². The highest BCUT2D eigenvalue weighted by Gasteiger charge is 2.37. The van der Waals surface area contributed by atoms with Crippen LogP contribution in [0.15, 0.2) is 11.6 Å². The minimum atomic E-state index is -0.760. The van der Waals surface area contributed by atoms with Crippen molar-refractivity contribution in [2.24, 2.45) is 0 Å². The Labute approximate surface area is 62.8 Å². The van der Waals surface area contributed by atoms with E-state index in [-0.39, 0.29) is 11.9 Å². The van der Waals surface area contributed by atoms with Crippen LogP contribution in [0.3, 0.4) is 0 Å². The number of carbonyl (C=O) groups is 2. The van der Waals surface area contributed by atoms with E-state index in [0.717, 1.165) is 0 Å². The predicted octanol–water partition coefficient (Wildman–Crippen LogP) is -0.564. The van der Waals surface area contributed by atoms with Crippen molar-refractivity contribution in [3.63, 3.8) is 0 Å². The number of hydrogen-bond acceptors (Lipinski definition) is 4. The van der Waals surface area contributed by atoms with E-state index < -0.39 is 6.29 Å². The molecule has 58 valence electrons. The molecule has 11 heavy (non-hydrogen) atoms. The Morgan fingerprint density at radius 2 is 2.45 bits per heavy atom. The molecular weight excluding hydrogens is 148 g/mol. The number of carbonyl (C=O) groups excluding carboxylic acids is 2. The maximum atomic E-state index is 10.9. The van der Waals surface area contributed by atoms with Crippen molar-refractivity contribution < 1.29 is 19.1 Å². The molecular formula is C7H6O4. The zero-order valence-electron chi connectivity index (χ0n) is 5.65. The summed E-state index contributed by atoms with van der Waals surface area (Å²) in [5.74, 6) is -0.277. The zero-order chi connectivity index (χ0) is 7.84. The zero-order valence-corrected chi connectivity index (χ0v) is 5.65. The predicted molar refractivity (Wildman–Crippen MR) is 33.8 cm³/mol. The first-order chi connectivity index (χ1) is 5.31. The smallest absolute Gasteiger partial charge is 0.222 e. The summed E-state index contributed by atoms with van der Waals surface area (Å²) in [5.41, 5.74) is 0.378. The van der Waals surface area contributed by atoms with Gasteiger partial charge in [-0.2, -0.15) is 0 Å². The molecule has 0 radical (unpaired) electrons. The van der Waals surface area contributed by atoms with Gasteiger partial charge in [-0.05, 0) is 6.08 Å². The first-order valence-corrected chi connectivity index (χ1v) is 3.29. The number of aldehydes is 1. The molecule has 4 nitrogen and oxygen atoms in total. The first kappa shape index (κ1) is 6.69. The number of ether oxygens (including phenoxy) is 2. The van der Waals surface area contributed by atoms with Gasteiger partial charge >= 0.3 is 0 Å². The van der Waals surface area contributed by atoms with Gasteiger partial charge in [0, 0.05) is 5.57 Å². The molecule has 2 heterocycles. The van der Waals surface area contributed by atoms with Gasteiger partial charge in [0.25, 0.3) is 0 Å². The van der Waals surface area contributed by atoms with Gasteiger partial charge in [0.15, 0.2) is 0 Å². The Kier molecular flexibility index (Phi) is 1.37. The van der Waals surface area contributed by atoms with E-state index in [2.05, 4.69) is 0 Å². The minimum absolute atomic E-state index is 0.277. The molecule has 2 atom stereocenters. The molecule has 4 heteroatoms. The Morgan fingerprint density at radius 1 is 1.64 bits per heavy atom. The topological polar surface area (TPSA) is 52.6 Å². The maximum Gasteiger partial charge on any atom is 0.222 e. The van der Waals surface area contributed by atoms with Gasteiger partial charge in [-0.25, -0.2) is 0 Å². The average molecular weight is 154 g/mol. The number of rotatable bonds is 1. The Bertz CT molecular complexity index is 243. The normalized spacial score (nSPS) is 35.3. The molecule has 1 saturated heterocycles. The molecule has 0 saturated carbocycles. The molecule has 0 aromatic rings. The fourth-order valence-electron chi connectivity index (χ4n) is 1.16. The largest absolute Gasteiger partial charge is 0.343 e. The molecule has 1 fully saturated rings. The summed E-state index contributed by atoms with van der Waals surface area (Å²) < 4.78 is 9.98. The van der Waals surface area contributed by atoms with Crippen LogP contribution in [0.2, 0.25) is 0 Å². The molecule has 2 aliphatic rings. The van der Waals surface area contributed by atoms with E-state index in [1.54, 1.807) is 0 Å². The third kappa shape index (κ3) is 0.911. The molecule has 2 aliphatic heterocycles. The van der Waals surface area contributed by atoms with E-state index in [9.17, 15) is 9.59 Å². The van der Waals surface area contributed by atoms with Crippen LogP contribution in [0.1, 0.15) is 0 Å². The highest BCUT2D eigenvalue weighted by molar-refractivity contribution is 5.99. The van der Waals surface area contributed by atoms with Crippen LogP contribution in [-0.4, -0.2) is 31.1 Å². The summed E-state index contributed by atoms with van der Waals surface area (Å²) >= 11 is 0.